The lowest BCUT2D eigenvalue weighted by Gasteiger charge is -2.04. The van der Waals surface area contributed by atoms with Gasteiger partial charge < -0.3 is 14.9 Å². The van der Waals surface area contributed by atoms with E-state index < -0.39 is 0 Å². The molecule has 0 aliphatic heterocycles. The molecule has 0 spiro atoms. The summed E-state index contributed by atoms with van der Waals surface area (Å²) >= 11 is 0. The first kappa shape index (κ1) is 10.1. The van der Waals surface area contributed by atoms with Gasteiger partial charge in [-0.15, -0.1) is 0 Å². The Morgan fingerprint density at radius 2 is 2.47 bits per heavy atom. The Kier molecular flexibility index (Phi) is 2.94. The molecule has 0 radical (unpaired) electrons. The Morgan fingerprint density at radius 3 is 3.20 bits per heavy atom. The molecule has 0 aliphatic rings. The summed E-state index contributed by atoms with van der Waals surface area (Å²) in [5, 5.41) is 0. The average molecular weight is 207 g/mol. The molecule has 5 nitrogen and oxygen atoms in total. The molecule has 2 N–H and O–H groups in total. The van der Waals surface area contributed by atoms with Gasteiger partial charge in [0.1, 0.15) is 0 Å². The highest BCUT2D eigenvalue weighted by Crippen LogP contribution is 2.18. The summed E-state index contributed by atoms with van der Waals surface area (Å²) < 4.78 is 10.4. The van der Waals surface area contributed by atoms with Crippen molar-refractivity contribution in [1.82, 2.24) is 9.97 Å². The summed E-state index contributed by atoms with van der Waals surface area (Å²) in [4.78, 5) is 8.28. The molecule has 2 aromatic rings. The van der Waals surface area contributed by atoms with Gasteiger partial charge in [-0.1, -0.05) is 0 Å². The fourth-order valence-corrected chi connectivity index (χ4v) is 1.31. The maximum Gasteiger partial charge on any atom is 0.214 e. The maximum absolute atomic E-state index is 5.88. The zero-order chi connectivity index (χ0) is 10.7. The summed E-state index contributed by atoms with van der Waals surface area (Å²) in [6, 6.07) is 3.39. The van der Waals surface area contributed by atoms with Gasteiger partial charge >= 0.3 is 0 Å². The Bertz CT molecular complexity index is 408. The summed E-state index contributed by atoms with van der Waals surface area (Å²) in [7, 11) is 1.64. The zero-order valence-electron chi connectivity index (χ0n) is 8.51. The number of hydrogen-bond acceptors (Lipinski definition) is 5. The van der Waals surface area contributed by atoms with Crippen molar-refractivity contribution in [3.63, 3.8) is 0 Å². The molecule has 80 valence electrons. The predicted molar refractivity (Wildman–Crippen MR) is 55.2 cm³/mol. The van der Waals surface area contributed by atoms with E-state index in [1.165, 1.54) is 0 Å². The van der Waals surface area contributed by atoms with Crippen molar-refractivity contribution in [1.29, 1.82) is 0 Å². The minimum Gasteiger partial charge on any atom is -0.437 e. The molecule has 0 amide bonds. The lowest BCUT2D eigenvalue weighted by molar-refractivity contribution is 0.184. The summed E-state index contributed by atoms with van der Waals surface area (Å²) in [6.07, 6.45) is 2.36. The van der Waals surface area contributed by atoms with E-state index in [0.29, 0.717) is 30.1 Å². The highest BCUT2D eigenvalue weighted by atomic mass is 16.5. The second kappa shape index (κ2) is 4.37. The molecule has 2 heterocycles. The highest BCUT2D eigenvalue weighted by Gasteiger charge is 2.13. The van der Waals surface area contributed by atoms with Crippen molar-refractivity contribution < 1.29 is 9.15 Å². The standard InChI is InChI=1S/C10H13N3O2/c1-14-6-4-7(11)10-13-9-8(15-10)3-2-5-12-9/h2-3,5,7H,4,6,11H2,1H3. The number of ether oxygens (including phenoxy) is 1. The van der Waals surface area contributed by atoms with Crippen LogP contribution in [0.2, 0.25) is 0 Å². The first-order valence-corrected chi connectivity index (χ1v) is 4.77. The van der Waals surface area contributed by atoms with E-state index in [2.05, 4.69) is 9.97 Å². The number of nitrogens with two attached hydrogens (primary N) is 1. The SMILES string of the molecule is COCCC(N)c1nc2ncccc2o1. The molecule has 0 aliphatic carbocycles. The molecule has 0 aromatic carbocycles. The molecule has 2 rings (SSSR count). The van der Waals surface area contributed by atoms with Crippen LogP contribution < -0.4 is 5.73 Å². The molecular formula is C10H13N3O2. The molecule has 1 unspecified atom stereocenters. The Hall–Kier alpha value is -1.46. The number of hydrogen-bond donors (Lipinski definition) is 1. The first-order chi connectivity index (χ1) is 7.31. The monoisotopic (exact) mass is 207 g/mol. The van der Waals surface area contributed by atoms with Crippen molar-refractivity contribution in [3.05, 3.63) is 24.2 Å². The molecule has 15 heavy (non-hydrogen) atoms. The third-order valence-electron chi connectivity index (χ3n) is 2.13. The van der Waals surface area contributed by atoms with E-state index in [1.807, 2.05) is 6.07 Å². The van der Waals surface area contributed by atoms with Crippen LogP contribution >= 0.6 is 0 Å². The number of aromatic nitrogens is 2. The number of fused-ring (bicyclic) bond motifs is 1. The van der Waals surface area contributed by atoms with Gasteiger partial charge in [0.15, 0.2) is 11.2 Å². The van der Waals surface area contributed by atoms with Crippen molar-refractivity contribution in [2.45, 2.75) is 12.5 Å². The Labute approximate surface area is 87.3 Å². The van der Waals surface area contributed by atoms with Crippen LogP contribution in [-0.2, 0) is 4.74 Å². The van der Waals surface area contributed by atoms with Gasteiger partial charge in [-0.25, -0.2) is 4.98 Å². The van der Waals surface area contributed by atoms with E-state index >= 15 is 0 Å². The lowest BCUT2D eigenvalue weighted by Crippen LogP contribution is -2.12. The van der Waals surface area contributed by atoms with Gasteiger partial charge in [-0.05, 0) is 18.6 Å². The Balaban J connectivity index is 2.20. The topological polar surface area (TPSA) is 74.2 Å². The number of oxazole rings is 1. The van der Waals surface area contributed by atoms with Gasteiger partial charge in [0.2, 0.25) is 5.89 Å². The fraction of sp³-hybridized carbons (Fsp3) is 0.400. The van der Waals surface area contributed by atoms with Gasteiger partial charge in [0, 0.05) is 19.9 Å². The highest BCUT2D eigenvalue weighted by molar-refractivity contribution is 5.66. The predicted octanol–water partition coefficient (Wildman–Crippen LogP) is 1.26. The number of methoxy groups -OCH3 is 1. The molecule has 5 heteroatoms. The normalized spacial score (nSPS) is 13.2. The number of pyridine rings is 1. The van der Waals surface area contributed by atoms with Crippen LogP contribution in [0.25, 0.3) is 11.2 Å². The molecular weight excluding hydrogens is 194 g/mol. The minimum absolute atomic E-state index is 0.237. The molecule has 1 atom stereocenters. The molecule has 0 bridgehead atoms. The number of rotatable bonds is 4. The van der Waals surface area contributed by atoms with E-state index in [0.717, 1.165) is 0 Å². The van der Waals surface area contributed by atoms with E-state index in [4.69, 9.17) is 14.9 Å². The number of nitrogens with zero attached hydrogens (tertiary/aromatic N) is 2. The van der Waals surface area contributed by atoms with Crippen LogP contribution in [0, 0.1) is 0 Å². The summed E-state index contributed by atoms with van der Waals surface area (Å²) in [5.41, 5.74) is 7.15. The van der Waals surface area contributed by atoms with E-state index in [9.17, 15) is 0 Å². The van der Waals surface area contributed by atoms with Crippen LogP contribution in [0.15, 0.2) is 22.7 Å². The second-order valence-corrected chi connectivity index (χ2v) is 3.27. The zero-order valence-corrected chi connectivity index (χ0v) is 8.51. The van der Waals surface area contributed by atoms with Gasteiger partial charge in [0.25, 0.3) is 0 Å². The van der Waals surface area contributed by atoms with Crippen molar-refractivity contribution in [2.75, 3.05) is 13.7 Å². The van der Waals surface area contributed by atoms with Crippen LogP contribution in [0.1, 0.15) is 18.4 Å². The largest absolute Gasteiger partial charge is 0.437 e. The summed E-state index contributed by atoms with van der Waals surface area (Å²) in [6.45, 7) is 0.591. The van der Waals surface area contributed by atoms with E-state index in [1.54, 1.807) is 19.4 Å². The molecule has 0 saturated carbocycles. The second-order valence-electron chi connectivity index (χ2n) is 3.27. The molecule has 2 aromatic heterocycles. The third-order valence-corrected chi connectivity index (χ3v) is 2.13. The molecule has 0 fully saturated rings. The van der Waals surface area contributed by atoms with Crippen molar-refractivity contribution in [2.24, 2.45) is 5.73 Å². The maximum atomic E-state index is 5.88. The smallest absolute Gasteiger partial charge is 0.214 e. The van der Waals surface area contributed by atoms with Gasteiger partial charge in [-0.2, -0.15) is 4.98 Å². The first-order valence-electron chi connectivity index (χ1n) is 4.77. The van der Waals surface area contributed by atoms with Gasteiger partial charge in [-0.3, -0.25) is 0 Å². The average Bonchev–Trinajstić information content (AvgIpc) is 2.69. The quantitative estimate of drug-likeness (QED) is 0.816. The van der Waals surface area contributed by atoms with Crippen LogP contribution in [-0.4, -0.2) is 23.7 Å². The van der Waals surface area contributed by atoms with Crippen molar-refractivity contribution in [3.8, 4) is 0 Å². The lowest BCUT2D eigenvalue weighted by atomic mass is 10.2. The minimum atomic E-state index is -0.237. The third kappa shape index (κ3) is 2.14. The van der Waals surface area contributed by atoms with E-state index in [-0.39, 0.29) is 6.04 Å². The van der Waals surface area contributed by atoms with Crippen LogP contribution in [0.4, 0.5) is 0 Å². The Morgan fingerprint density at radius 1 is 1.60 bits per heavy atom. The van der Waals surface area contributed by atoms with Crippen LogP contribution in [0.5, 0.6) is 0 Å². The molecule has 0 saturated heterocycles. The van der Waals surface area contributed by atoms with Crippen molar-refractivity contribution >= 4 is 11.2 Å². The van der Waals surface area contributed by atoms with Crippen LogP contribution in [0.3, 0.4) is 0 Å². The fourth-order valence-electron chi connectivity index (χ4n) is 1.31. The van der Waals surface area contributed by atoms with Gasteiger partial charge in [0.05, 0.1) is 6.04 Å². The summed E-state index contributed by atoms with van der Waals surface area (Å²) in [5.74, 6) is 0.515.